The number of nitrogens with zero attached hydrogens (tertiary/aromatic N) is 1. The van der Waals surface area contributed by atoms with Gasteiger partial charge in [-0.2, -0.15) is 0 Å². The van der Waals surface area contributed by atoms with Gasteiger partial charge in [0, 0.05) is 21.7 Å². The van der Waals surface area contributed by atoms with Crippen molar-refractivity contribution < 1.29 is 18.4 Å². The SMILES string of the molecule is O=C1S/C(=C\c2ccc(-c3ccc(F)c(Cl)c3)o2)C(=O)N1Cc1ccc(Cl)cc1Cl. The van der Waals surface area contributed by atoms with Crippen LogP contribution in [-0.2, 0) is 11.3 Å². The lowest BCUT2D eigenvalue weighted by molar-refractivity contribution is -0.123. The van der Waals surface area contributed by atoms with Gasteiger partial charge in [0.15, 0.2) is 0 Å². The summed E-state index contributed by atoms with van der Waals surface area (Å²) in [5, 5.41) is 0.412. The third-order valence-electron chi connectivity index (χ3n) is 4.32. The molecule has 2 amide bonds. The van der Waals surface area contributed by atoms with Gasteiger partial charge in [0.25, 0.3) is 11.1 Å². The number of thioether (sulfide) groups is 1. The number of halogens is 4. The molecule has 1 fully saturated rings. The molecule has 152 valence electrons. The Labute approximate surface area is 190 Å². The van der Waals surface area contributed by atoms with Gasteiger partial charge in [-0.15, -0.1) is 0 Å². The Morgan fingerprint density at radius 1 is 1.00 bits per heavy atom. The highest BCUT2D eigenvalue weighted by atomic mass is 35.5. The van der Waals surface area contributed by atoms with Gasteiger partial charge in [-0.3, -0.25) is 14.5 Å². The zero-order valence-corrected chi connectivity index (χ0v) is 18.1. The fourth-order valence-electron chi connectivity index (χ4n) is 2.82. The summed E-state index contributed by atoms with van der Waals surface area (Å²) in [5.41, 5.74) is 1.20. The minimum Gasteiger partial charge on any atom is -0.457 e. The first-order chi connectivity index (χ1) is 14.3. The molecule has 9 heteroatoms. The maximum atomic E-state index is 13.3. The number of benzene rings is 2. The van der Waals surface area contributed by atoms with E-state index in [0.29, 0.717) is 32.7 Å². The van der Waals surface area contributed by atoms with Crippen LogP contribution in [0.4, 0.5) is 9.18 Å². The standard InChI is InChI=1S/C21H11Cl3FNO3S/c22-13-3-1-12(15(23)8-13)10-26-20(27)19(30-21(26)28)9-14-4-6-18(29-14)11-2-5-17(25)16(24)7-11/h1-9H,10H2/b19-9-. The molecule has 1 aromatic heterocycles. The molecule has 0 spiro atoms. The third-order valence-corrected chi connectivity index (χ3v) is 6.11. The number of carbonyl (C=O) groups is 2. The molecular weight excluding hydrogens is 472 g/mol. The molecule has 3 aromatic rings. The van der Waals surface area contributed by atoms with Crippen molar-refractivity contribution in [2.75, 3.05) is 0 Å². The van der Waals surface area contributed by atoms with Crippen LogP contribution in [0.15, 0.2) is 57.9 Å². The molecule has 0 radical (unpaired) electrons. The smallest absolute Gasteiger partial charge is 0.293 e. The van der Waals surface area contributed by atoms with Gasteiger partial charge in [-0.25, -0.2) is 4.39 Å². The second-order valence-electron chi connectivity index (χ2n) is 6.33. The van der Waals surface area contributed by atoms with Gasteiger partial charge in [-0.1, -0.05) is 40.9 Å². The predicted molar refractivity (Wildman–Crippen MR) is 117 cm³/mol. The summed E-state index contributed by atoms with van der Waals surface area (Å²) in [4.78, 5) is 26.4. The van der Waals surface area contributed by atoms with Crippen LogP contribution < -0.4 is 0 Å². The van der Waals surface area contributed by atoms with Crippen molar-refractivity contribution in [3.63, 3.8) is 0 Å². The van der Waals surface area contributed by atoms with Crippen LogP contribution in [0.3, 0.4) is 0 Å². The highest BCUT2D eigenvalue weighted by Crippen LogP contribution is 2.35. The average molecular weight is 483 g/mol. The average Bonchev–Trinajstić information content (AvgIpc) is 3.26. The van der Waals surface area contributed by atoms with E-state index in [1.165, 1.54) is 24.3 Å². The van der Waals surface area contributed by atoms with E-state index >= 15 is 0 Å². The molecule has 0 atom stereocenters. The van der Waals surface area contributed by atoms with Crippen molar-refractivity contribution >= 4 is 63.8 Å². The van der Waals surface area contributed by atoms with Crippen LogP contribution in [-0.4, -0.2) is 16.0 Å². The Morgan fingerprint density at radius 3 is 2.53 bits per heavy atom. The molecular formula is C21H11Cl3FNO3S. The van der Waals surface area contributed by atoms with Crippen molar-refractivity contribution in [1.82, 2.24) is 4.90 Å². The second-order valence-corrected chi connectivity index (χ2v) is 8.58. The number of carbonyl (C=O) groups excluding carboxylic acids is 2. The van der Waals surface area contributed by atoms with E-state index in [2.05, 4.69) is 0 Å². The summed E-state index contributed by atoms with van der Waals surface area (Å²) in [6.07, 6.45) is 1.49. The first kappa shape index (κ1) is 21.0. The van der Waals surface area contributed by atoms with Crippen LogP contribution in [0.5, 0.6) is 0 Å². The maximum absolute atomic E-state index is 13.3. The fraction of sp³-hybridized carbons (Fsp3) is 0.0476. The number of hydrogen-bond acceptors (Lipinski definition) is 4. The normalized spacial score (nSPS) is 15.5. The van der Waals surface area contributed by atoms with Crippen LogP contribution >= 0.6 is 46.6 Å². The summed E-state index contributed by atoms with van der Waals surface area (Å²) in [6.45, 7) is 0.0372. The Hall–Kier alpha value is -2.25. The van der Waals surface area contributed by atoms with Crippen molar-refractivity contribution in [2.45, 2.75) is 6.54 Å². The van der Waals surface area contributed by atoms with Crippen LogP contribution in [0.25, 0.3) is 17.4 Å². The monoisotopic (exact) mass is 481 g/mol. The van der Waals surface area contributed by atoms with Crippen molar-refractivity contribution in [3.8, 4) is 11.3 Å². The topological polar surface area (TPSA) is 50.5 Å². The lowest BCUT2D eigenvalue weighted by atomic mass is 10.2. The van der Waals surface area contributed by atoms with Gasteiger partial charge in [0.05, 0.1) is 16.5 Å². The largest absolute Gasteiger partial charge is 0.457 e. The lowest BCUT2D eigenvalue weighted by Crippen LogP contribution is -2.27. The Bertz CT molecular complexity index is 1210. The van der Waals surface area contributed by atoms with Crippen LogP contribution in [0.2, 0.25) is 15.1 Å². The molecule has 30 heavy (non-hydrogen) atoms. The van der Waals surface area contributed by atoms with E-state index in [0.717, 1.165) is 16.7 Å². The quantitative estimate of drug-likeness (QED) is 0.367. The molecule has 2 heterocycles. The van der Waals surface area contributed by atoms with Crippen molar-refractivity contribution in [3.05, 3.63) is 85.6 Å². The number of rotatable bonds is 4. The van der Waals surface area contributed by atoms with Crippen LogP contribution in [0, 0.1) is 5.82 Å². The second kappa shape index (κ2) is 8.47. The minimum atomic E-state index is -0.526. The lowest BCUT2D eigenvalue weighted by Gasteiger charge is -2.13. The fourth-order valence-corrected chi connectivity index (χ4v) is 4.29. The molecule has 4 nitrogen and oxygen atoms in total. The van der Waals surface area contributed by atoms with E-state index in [4.69, 9.17) is 39.2 Å². The van der Waals surface area contributed by atoms with E-state index in [-0.39, 0.29) is 16.5 Å². The van der Waals surface area contributed by atoms with Gasteiger partial charge in [0.1, 0.15) is 17.3 Å². The van der Waals surface area contributed by atoms with E-state index < -0.39 is 17.0 Å². The highest BCUT2D eigenvalue weighted by Gasteiger charge is 2.35. The predicted octanol–water partition coefficient (Wildman–Crippen LogP) is 7.28. The molecule has 0 unspecified atom stereocenters. The Kier molecular flexibility index (Phi) is 5.93. The van der Waals surface area contributed by atoms with Gasteiger partial charge >= 0.3 is 0 Å². The van der Waals surface area contributed by atoms with E-state index in [1.807, 2.05) is 0 Å². The third kappa shape index (κ3) is 4.27. The van der Waals surface area contributed by atoms with Crippen LogP contribution in [0.1, 0.15) is 11.3 Å². The summed E-state index contributed by atoms with van der Waals surface area (Å²) >= 11 is 18.7. The number of hydrogen-bond donors (Lipinski definition) is 0. The minimum absolute atomic E-state index is 0.0209. The molecule has 0 N–H and O–H groups in total. The molecule has 2 aromatic carbocycles. The van der Waals surface area contributed by atoms with Gasteiger partial charge in [-0.05, 0) is 59.8 Å². The van der Waals surface area contributed by atoms with Crippen molar-refractivity contribution in [2.24, 2.45) is 0 Å². The molecule has 0 bridgehead atoms. The molecule has 1 saturated heterocycles. The molecule has 0 aliphatic carbocycles. The molecule has 4 rings (SSSR count). The summed E-state index contributed by atoms with van der Waals surface area (Å²) < 4.78 is 19.1. The highest BCUT2D eigenvalue weighted by molar-refractivity contribution is 8.18. The van der Waals surface area contributed by atoms with Crippen molar-refractivity contribution in [1.29, 1.82) is 0 Å². The number of amides is 2. The Balaban J connectivity index is 1.55. The van der Waals surface area contributed by atoms with Gasteiger partial charge < -0.3 is 4.42 Å². The summed E-state index contributed by atoms with van der Waals surface area (Å²) in [5.74, 6) is -0.142. The van der Waals surface area contributed by atoms with Gasteiger partial charge in [0.2, 0.25) is 0 Å². The zero-order chi connectivity index (χ0) is 21.4. The summed E-state index contributed by atoms with van der Waals surface area (Å²) in [6, 6.07) is 12.4. The molecule has 1 aliphatic rings. The van der Waals surface area contributed by atoms with E-state index in [1.54, 1.807) is 30.3 Å². The zero-order valence-electron chi connectivity index (χ0n) is 15.0. The summed E-state index contributed by atoms with van der Waals surface area (Å²) in [7, 11) is 0. The maximum Gasteiger partial charge on any atom is 0.293 e. The van der Waals surface area contributed by atoms with E-state index in [9.17, 15) is 14.0 Å². The Morgan fingerprint density at radius 2 is 1.80 bits per heavy atom. The molecule has 0 saturated carbocycles. The first-order valence-corrected chi connectivity index (χ1v) is 10.5. The molecule has 1 aliphatic heterocycles. The number of imide groups is 1. The number of furan rings is 1. The first-order valence-electron chi connectivity index (χ1n) is 8.56.